The van der Waals surface area contributed by atoms with Gasteiger partial charge >= 0.3 is 0 Å². The number of sulfonamides is 1. The van der Waals surface area contributed by atoms with Crippen LogP contribution in [0.4, 0.5) is 0 Å². The summed E-state index contributed by atoms with van der Waals surface area (Å²) in [5.41, 5.74) is 0. The molecule has 1 aliphatic rings. The molecule has 1 aliphatic carbocycles. The van der Waals surface area contributed by atoms with Crippen molar-refractivity contribution >= 4 is 21.4 Å². The Balaban J connectivity index is 2.12. The van der Waals surface area contributed by atoms with Gasteiger partial charge in [-0.2, -0.15) is 4.31 Å². The van der Waals surface area contributed by atoms with E-state index < -0.39 is 10.0 Å². The summed E-state index contributed by atoms with van der Waals surface area (Å²) >= 11 is 1.53. The minimum Gasteiger partial charge on any atom is -0.309 e. The first-order valence-corrected chi connectivity index (χ1v) is 9.71. The first kappa shape index (κ1) is 15.9. The second-order valence-corrected chi connectivity index (χ2v) is 8.12. The lowest BCUT2D eigenvalue weighted by Gasteiger charge is -2.20. The van der Waals surface area contributed by atoms with Crippen LogP contribution in [0.15, 0.2) is 16.3 Å². The lowest BCUT2D eigenvalue weighted by molar-refractivity contribution is 0.418. The first-order chi connectivity index (χ1) is 9.59. The molecule has 1 saturated carbocycles. The first-order valence-electron chi connectivity index (χ1n) is 7.39. The summed E-state index contributed by atoms with van der Waals surface area (Å²) in [6.45, 7) is 5.80. The van der Waals surface area contributed by atoms with E-state index >= 15 is 0 Å². The van der Waals surface area contributed by atoms with Gasteiger partial charge in [-0.05, 0) is 30.7 Å². The van der Waals surface area contributed by atoms with E-state index in [4.69, 9.17) is 0 Å². The van der Waals surface area contributed by atoms with Gasteiger partial charge < -0.3 is 5.32 Å². The summed E-state index contributed by atoms with van der Waals surface area (Å²) < 4.78 is 27.0. The van der Waals surface area contributed by atoms with Crippen LogP contribution in [-0.2, 0) is 16.6 Å². The van der Waals surface area contributed by atoms with Crippen LogP contribution in [0.2, 0.25) is 0 Å². The number of nitrogens with one attached hydrogen (secondary N) is 1. The molecule has 1 aromatic heterocycles. The normalized spacial score (nSPS) is 15.9. The summed E-state index contributed by atoms with van der Waals surface area (Å²) in [7, 11) is -3.33. The molecule has 0 atom stereocenters. The highest BCUT2D eigenvalue weighted by molar-refractivity contribution is 7.89. The van der Waals surface area contributed by atoms with Crippen LogP contribution in [-0.4, -0.2) is 31.9 Å². The van der Waals surface area contributed by atoms with Crippen molar-refractivity contribution in [2.75, 3.05) is 13.1 Å². The molecular formula is C14H24N2O2S2. The van der Waals surface area contributed by atoms with Gasteiger partial charge in [0.1, 0.15) is 0 Å². The predicted molar refractivity (Wildman–Crippen MR) is 83.5 cm³/mol. The van der Waals surface area contributed by atoms with E-state index in [2.05, 4.69) is 12.2 Å². The third-order valence-electron chi connectivity index (χ3n) is 3.56. The van der Waals surface area contributed by atoms with E-state index in [1.54, 1.807) is 10.4 Å². The molecule has 2 rings (SSSR count). The highest BCUT2D eigenvalue weighted by atomic mass is 32.2. The Bertz CT molecular complexity index is 521. The molecule has 0 aromatic carbocycles. The fourth-order valence-electron chi connectivity index (χ4n) is 2.13. The average molecular weight is 316 g/mol. The molecule has 1 aromatic rings. The molecule has 0 aliphatic heterocycles. The van der Waals surface area contributed by atoms with E-state index in [0.29, 0.717) is 30.6 Å². The van der Waals surface area contributed by atoms with Crippen molar-refractivity contribution in [3.05, 3.63) is 16.3 Å². The third-order valence-corrected chi connectivity index (χ3v) is 6.67. The number of nitrogens with zero attached hydrogens (tertiary/aromatic N) is 1. The quantitative estimate of drug-likeness (QED) is 0.762. The highest BCUT2D eigenvalue weighted by Gasteiger charge is 2.27. The monoisotopic (exact) mass is 316 g/mol. The smallest absolute Gasteiger partial charge is 0.244 e. The van der Waals surface area contributed by atoms with Gasteiger partial charge in [0.2, 0.25) is 10.0 Å². The molecule has 1 heterocycles. The highest BCUT2D eigenvalue weighted by Crippen LogP contribution is 2.27. The Morgan fingerprint density at radius 1 is 1.40 bits per heavy atom. The van der Waals surface area contributed by atoms with Crippen molar-refractivity contribution in [2.24, 2.45) is 0 Å². The van der Waals surface area contributed by atoms with Gasteiger partial charge in [0.25, 0.3) is 0 Å². The van der Waals surface area contributed by atoms with Crippen LogP contribution < -0.4 is 5.32 Å². The zero-order valence-electron chi connectivity index (χ0n) is 12.3. The summed E-state index contributed by atoms with van der Waals surface area (Å²) in [5, 5.41) is 5.28. The second kappa shape index (κ2) is 7.02. The van der Waals surface area contributed by atoms with Crippen molar-refractivity contribution in [3.8, 4) is 0 Å². The zero-order valence-corrected chi connectivity index (χ0v) is 13.9. The molecule has 0 radical (unpaired) electrons. The Kier molecular flexibility index (Phi) is 5.60. The van der Waals surface area contributed by atoms with E-state index in [0.717, 1.165) is 17.7 Å². The van der Waals surface area contributed by atoms with Crippen molar-refractivity contribution in [1.29, 1.82) is 0 Å². The van der Waals surface area contributed by atoms with Crippen LogP contribution >= 0.6 is 11.3 Å². The van der Waals surface area contributed by atoms with Gasteiger partial charge in [-0.1, -0.05) is 20.3 Å². The molecule has 4 nitrogen and oxygen atoms in total. The Morgan fingerprint density at radius 2 is 2.15 bits per heavy atom. The summed E-state index contributed by atoms with van der Waals surface area (Å²) in [5.74, 6) is 0. The van der Waals surface area contributed by atoms with Crippen LogP contribution in [0.1, 0.15) is 44.4 Å². The molecule has 114 valence electrons. The topological polar surface area (TPSA) is 49.4 Å². The van der Waals surface area contributed by atoms with E-state index in [9.17, 15) is 8.42 Å². The maximum atomic E-state index is 12.7. The predicted octanol–water partition coefficient (Wildman–Crippen LogP) is 2.81. The van der Waals surface area contributed by atoms with E-state index in [1.807, 2.05) is 12.3 Å². The van der Waals surface area contributed by atoms with Crippen LogP contribution in [0.25, 0.3) is 0 Å². The third kappa shape index (κ3) is 3.81. The van der Waals surface area contributed by atoms with Crippen molar-refractivity contribution in [1.82, 2.24) is 9.62 Å². The molecular weight excluding hydrogens is 292 g/mol. The lowest BCUT2D eigenvalue weighted by atomic mass is 10.3. The van der Waals surface area contributed by atoms with Crippen molar-refractivity contribution in [3.63, 3.8) is 0 Å². The molecule has 0 spiro atoms. The number of unbranched alkanes of at least 4 members (excludes halogenated alkanes) is 1. The molecule has 1 N–H and O–H groups in total. The largest absolute Gasteiger partial charge is 0.309 e. The molecule has 0 saturated heterocycles. The minimum atomic E-state index is -3.33. The van der Waals surface area contributed by atoms with Crippen LogP contribution in [0.5, 0.6) is 0 Å². The molecule has 1 fully saturated rings. The molecule has 0 unspecified atom stereocenters. The number of hydrogen-bond donors (Lipinski definition) is 1. The van der Waals surface area contributed by atoms with Gasteiger partial charge in [-0.15, -0.1) is 11.3 Å². The van der Waals surface area contributed by atoms with Gasteiger partial charge in [0, 0.05) is 30.6 Å². The fraction of sp³-hybridized carbons (Fsp3) is 0.714. The van der Waals surface area contributed by atoms with Crippen LogP contribution in [0.3, 0.4) is 0 Å². The number of rotatable bonds is 9. The maximum Gasteiger partial charge on any atom is 0.244 e. The summed E-state index contributed by atoms with van der Waals surface area (Å²) in [4.78, 5) is 1.43. The standard InChI is InChI=1S/C14H24N2O2S2/c1-3-5-9-16(4-2)20(17,18)14-8-10-19-13(14)11-15-12-6-7-12/h8,10,12,15H,3-7,9,11H2,1-2H3. The van der Waals surface area contributed by atoms with Crippen molar-refractivity contribution < 1.29 is 8.42 Å². The Hall–Kier alpha value is -0.430. The van der Waals surface area contributed by atoms with E-state index in [-0.39, 0.29) is 0 Å². The Morgan fingerprint density at radius 3 is 2.75 bits per heavy atom. The van der Waals surface area contributed by atoms with Crippen molar-refractivity contribution in [2.45, 2.75) is 57.0 Å². The second-order valence-electron chi connectivity index (χ2n) is 5.21. The SMILES string of the molecule is CCCCN(CC)S(=O)(=O)c1ccsc1CNC1CC1. The molecule has 0 bridgehead atoms. The van der Waals surface area contributed by atoms with Gasteiger partial charge in [-0.3, -0.25) is 0 Å². The zero-order chi connectivity index (χ0) is 14.6. The number of thiophene rings is 1. The molecule has 0 amide bonds. The fourth-order valence-corrected chi connectivity index (χ4v) is 4.99. The van der Waals surface area contributed by atoms with Gasteiger partial charge in [0.15, 0.2) is 0 Å². The van der Waals surface area contributed by atoms with Gasteiger partial charge in [-0.25, -0.2) is 8.42 Å². The lowest BCUT2D eigenvalue weighted by Crippen LogP contribution is -2.32. The van der Waals surface area contributed by atoms with E-state index in [1.165, 1.54) is 24.2 Å². The van der Waals surface area contributed by atoms with Crippen LogP contribution in [0, 0.1) is 0 Å². The average Bonchev–Trinajstić information content (AvgIpc) is 3.13. The summed E-state index contributed by atoms with van der Waals surface area (Å²) in [6, 6.07) is 2.34. The Labute approximate surface area is 126 Å². The summed E-state index contributed by atoms with van der Waals surface area (Å²) in [6.07, 6.45) is 4.34. The molecule has 20 heavy (non-hydrogen) atoms. The molecule has 6 heteroatoms. The number of hydrogen-bond acceptors (Lipinski definition) is 4. The maximum absolute atomic E-state index is 12.7. The van der Waals surface area contributed by atoms with Gasteiger partial charge in [0.05, 0.1) is 4.90 Å². The minimum absolute atomic E-state index is 0.494.